The molecule has 1 saturated heterocycles. The summed E-state index contributed by atoms with van der Waals surface area (Å²) < 4.78 is 5.30. The van der Waals surface area contributed by atoms with E-state index in [2.05, 4.69) is 46.6 Å². The highest BCUT2D eigenvalue weighted by molar-refractivity contribution is 5.74. The highest BCUT2D eigenvalue weighted by Gasteiger charge is 2.38. The monoisotopic (exact) mass is 338 g/mol. The van der Waals surface area contributed by atoms with Gasteiger partial charge in [-0.3, -0.25) is 9.69 Å². The quantitative estimate of drug-likeness (QED) is 0.788. The Hall–Kier alpha value is -2.17. The van der Waals surface area contributed by atoms with Crippen LogP contribution in [0.25, 0.3) is 0 Å². The number of esters is 1. The molecule has 1 aliphatic rings. The number of hydrogen-bond donors (Lipinski definition) is 1. The topological polar surface area (TPSA) is 41.6 Å². The number of nitrogens with one attached hydrogen (secondary N) is 1. The first-order valence-electron chi connectivity index (χ1n) is 8.96. The van der Waals surface area contributed by atoms with Gasteiger partial charge in [-0.1, -0.05) is 60.7 Å². The lowest BCUT2D eigenvalue weighted by Gasteiger charge is -2.18. The maximum atomic E-state index is 12.4. The van der Waals surface area contributed by atoms with Crippen LogP contribution in [0.1, 0.15) is 18.1 Å². The maximum absolute atomic E-state index is 12.4. The molecule has 0 radical (unpaired) electrons. The summed E-state index contributed by atoms with van der Waals surface area (Å²) in [6, 6.07) is 20.8. The van der Waals surface area contributed by atoms with Crippen LogP contribution in [-0.2, 0) is 22.6 Å². The van der Waals surface area contributed by atoms with E-state index >= 15 is 0 Å². The summed E-state index contributed by atoms with van der Waals surface area (Å²) in [5.74, 6) is -0.212. The molecule has 0 aliphatic carbocycles. The number of likely N-dealkylation sites (tertiary alicyclic amines) is 1. The van der Waals surface area contributed by atoms with Crippen molar-refractivity contribution in [3.8, 4) is 0 Å². The van der Waals surface area contributed by atoms with E-state index in [4.69, 9.17) is 4.74 Å². The molecule has 0 saturated carbocycles. The zero-order chi connectivity index (χ0) is 17.5. The fourth-order valence-corrected chi connectivity index (χ4v) is 3.40. The zero-order valence-electron chi connectivity index (χ0n) is 14.7. The summed E-state index contributed by atoms with van der Waals surface area (Å²) in [7, 11) is 0. The molecule has 25 heavy (non-hydrogen) atoms. The zero-order valence-corrected chi connectivity index (χ0v) is 14.7. The lowest BCUT2D eigenvalue weighted by atomic mass is 10.0. The van der Waals surface area contributed by atoms with E-state index in [1.165, 1.54) is 11.1 Å². The van der Waals surface area contributed by atoms with Gasteiger partial charge in [-0.25, -0.2) is 0 Å². The molecule has 3 rings (SSSR count). The molecule has 0 bridgehead atoms. The number of benzene rings is 2. The van der Waals surface area contributed by atoms with Gasteiger partial charge in [-0.05, 0) is 18.1 Å². The van der Waals surface area contributed by atoms with Crippen LogP contribution in [0, 0.1) is 5.92 Å². The van der Waals surface area contributed by atoms with E-state index in [0.717, 1.165) is 26.2 Å². The van der Waals surface area contributed by atoms with Crippen molar-refractivity contribution in [1.29, 1.82) is 0 Å². The van der Waals surface area contributed by atoms with Crippen molar-refractivity contribution >= 4 is 5.97 Å². The number of ether oxygens (including phenoxy) is 1. The van der Waals surface area contributed by atoms with Crippen molar-refractivity contribution < 1.29 is 9.53 Å². The smallest absolute Gasteiger partial charge is 0.311 e. The highest BCUT2D eigenvalue weighted by atomic mass is 16.5. The lowest BCUT2D eigenvalue weighted by Crippen LogP contribution is -2.39. The third-order valence-corrected chi connectivity index (χ3v) is 4.65. The molecular formula is C21H26N2O2. The first kappa shape index (κ1) is 17.6. The van der Waals surface area contributed by atoms with Crippen molar-refractivity contribution in [3.05, 3.63) is 71.8 Å². The molecule has 0 amide bonds. The predicted molar refractivity (Wildman–Crippen MR) is 98.9 cm³/mol. The summed E-state index contributed by atoms with van der Waals surface area (Å²) in [5, 5.41) is 3.56. The number of hydrogen-bond acceptors (Lipinski definition) is 4. The molecule has 2 unspecified atom stereocenters. The molecule has 2 aromatic rings. The molecule has 1 N–H and O–H groups in total. The molecule has 0 spiro atoms. The van der Waals surface area contributed by atoms with Crippen molar-refractivity contribution in [1.82, 2.24) is 10.2 Å². The number of carbonyl (C=O) groups excluding carboxylic acids is 1. The predicted octanol–water partition coefficient (Wildman–Crippen LogP) is 2.84. The van der Waals surface area contributed by atoms with Crippen LogP contribution < -0.4 is 5.32 Å². The minimum absolute atomic E-state index is 0.0939. The van der Waals surface area contributed by atoms with Gasteiger partial charge in [0.1, 0.15) is 0 Å². The third kappa shape index (κ3) is 4.91. The highest BCUT2D eigenvalue weighted by Crippen LogP contribution is 2.21. The van der Waals surface area contributed by atoms with Crippen LogP contribution in [-0.4, -0.2) is 36.6 Å². The van der Waals surface area contributed by atoms with E-state index < -0.39 is 0 Å². The summed E-state index contributed by atoms with van der Waals surface area (Å²) in [5.41, 5.74) is 2.50. The third-order valence-electron chi connectivity index (χ3n) is 4.65. The van der Waals surface area contributed by atoms with Crippen LogP contribution in [0.3, 0.4) is 0 Å². The Kier molecular flexibility index (Phi) is 6.20. The fraction of sp³-hybridized carbons (Fsp3) is 0.381. The normalized spacial score (nSPS) is 20.5. The summed E-state index contributed by atoms with van der Waals surface area (Å²) >= 11 is 0. The van der Waals surface area contributed by atoms with Gasteiger partial charge in [0.05, 0.1) is 12.5 Å². The second kappa shape index (κ2) is 8.79. The second-order valence-corrected chi connectivity index (χ2v) is 6.51. The van der Waals surface area contributed by atoms with Gasteiger partial charge in [0.2, 0.25) is 0 Å². The summed E-state index contributed by atoms with van der Waals surface area (Å²) in [6.07, 6.45) is 0. The SMILES string of the molecule is CCOC(=O)C1CN(Cc2ccccc2)CC1NCc1ccccc1. The number of carbonyl (C=O) groups is 1. The van der Waals surface area contributed by atoms with E-state index in [9.17, 15) is 4.79 Å². The van der Waals surface area contributed by atoms with Crippen molar-refractivity contribution in [2.24, 2.45) is 5.92 Å². The van der Waals surface area contributed by atoms with Crippen LogP contribution in [0.2, 0.25) is 0 Å². The lowest BCUT2D eigenvalue weighted by molar-refractivity contribution is -0.148. The molecular weight excluding hydrogens is 312 g/mol. The van der Waals surface area contributed by atoms with Crippen molar-refractivity contribution in [2.45, 2.75) is 26.1 Å². The molecule has 1 fully saturated rings. The van der Waals surface area contributed by atoms with Crippen molar-refractivity contribution in [3.63, 3.8) is 0 Å². The van der Waals surface area contributed by atoms with E-state index in [-0.39, 0.29) is 17.9 Å². The Bertz CT molecular complexity index is 660. The van der Waals surface area contributed by atoms with Crippen LogP contribution in [0.4, 0.5) is 0 Å². The first-order valence-corrected chi connectivity index (χ1v) is 8.96. The molecule has 2 aromatic carbocycles. The molecule has 1 aliphatic heterocycles. The van der Waals surface area contributed by atoms with Crippen LogP contribution in [0.5, 0.6) is 0 Å². The Morgan fingerprint density at radius 1 is 1.04 bits per heavy atom. The Balaban J connectivity index is 1.64. The molecule has 132 valence electrons. The minimum atomic E-state index is -0.118. The van der Waals surface area contributed by atoms with Gasteiger partial charge in [-0.15, -0.1) is 0 Å². The minimum Gasteiger partial charge on any atom is -0.466 e. The van der Waals surface area contributed by atoms with E-state index in [0.29, 0.717) is 6.61 Å². The van der Waals surface area contributed by atoms with Crippen LogP contribution >= 0.6 is 0 Å². The molecule has 0 aromatic heterocycles. The maximum Gasteiger partial charge on any atom is 0.311 e. The number of nitrogens with zero attached hydrogens (tertiary/aromatic N) is 1. The first-order chi connectivity index (χ1) is 12.3. The molecule has 4 heteroatoms. The van der Waals surface area contributed by atoms with Gasteiger partial charge in [-0.2, -0.15) is 0 Å². The largest absolute Gasteiger partial charge is 0.466 e. The van der Waals surface area contributed by atoms with Crippen LogP contribution in [0.15, 0.2) is 60.7 Å². The molecule has 1 heterocycles. The Morgan fingerprint density at radius 2 is 1.68 bits per heavy atom. The van der Waals surface area contributed by atoms with Gasteiger partial charge in [0, 0.05) is 32.2 Å². The van der Waals surface area contributed by atoms with Gasteiger partial charge < -0.3 is 10.1 Å². The number of rotatable bonds is 7. The standard InChI is InChI=1S/C21H26N2O2/c1-2-25-21(24)19-15-23(14-18-11-7-4-8-12-18)16-20(19)22-13-17-9-5-3-6-10-17/h3-12,19-20,22H,2,13-16H2,1H3. The van der Waals surface area contributed by atoms with Gasteiger partial charge in [0.15, 0.2) is 0 Å². The molecule has 4 nitrogen and oxygen atoms in total. The Morgan fingerprint density at radius 3 is 2.32 bits per heavy atom. The van der Waals surface area contributed by atoms with Crippen molar-refractivity contribution in [2.75, 3.05) is 19.7 Å². The van der Waals surface area contributed by atoms with E-state index in [1.54, 1.807) is 0 Å². The Labute approximate surface area is 149 Å². The van der Waals surface area contributed by atoms with E-state index in [1.807, 2.05) is 31.2 Å². The van der Waals surface area contributed by atoms with Gasteiger partial charge in [0.25, 0.3) is 0 Å². The van der Waals surface area contributed by atoms with Gasteiger partial charge >= 0.3 is 5.97 Å². The summed E-state index contributed by atoms with van der Waals surface area (Å²) in [4.78, 5) is 14.7. The average Bonchev–Trinajstić information content (AvgIpc) is 3.05. The summed E-state index contributed by atoms with van der Waals surface area (Å²) in [6.45, 7) is 5.51. The molecule has 2 atom stereocenters. The second-order valence-electron chi connectivity index (χ2n) is 6.51. The fourth-order valence-electron chi connectivity index (χ4n) is 3.40. The average molecular weight is 338 g/mol.